The Kier molecular flexibility index (Phi) is 5.75. The van der Waals surface area contributed by atoms with Crippen LogP contribution in [0.25, 0.3) is 0 Å². The molecule has 0 aliphatic carbocycles. The van der Waals surface area contributed by atoms with E-state index in [4.69, 9.17) is 0 Å². The summed E-state index contributed by atoms with van der Waals surface area (Å²) in [6.45, 7) is 5.39. The van der Waals surface area contributed by atoms with E-state index in [1.54, 1.807) is 39.0 Å². The molecule has 6 heteroatoms. The number of pyridine rings is 1. The Morgan fingerprint density at radius 1 is 1.56 bits per heavy atom. The number of hydrogen-bond donors (Lipinski definition) is 0. The monoisotopic (exact) mass is 334 g/mol. The fourth-order valence-electron chi connectivity index (χ4n) is 1.10. The van der Waals surface area contributed by atoms with E-state index in [1.165, 1.54) is 0 Å². The molecule has 18 heavy (non-hydrogen) atoms. The second-order valence-corrected chi connectivity index (χ2v) is 7.53. The normalized spacial score (nSPS) is 15.9. The van der Waals surface area contributed by atoms with Crippen molar-refractivity contribution in [1.82, 2.24) is 4.98 Å². The first kappa shape index (κ1) is 15.6. The van der Waals surface area contributed by atoms with Crippen molar-refractivity contribution in [3.8, 4) is 0 Å². The lowest BCUT2D eigenvalue weighted by molar-refractivity contribution is 0.426. The highest BCUT2D eigenvalue weighted by atomic mass is 79.9. The van der Waals surface area contributed by atoms with Crippen LogP contribution in [-0.2, 0) is 17.8 Å². The van der Waals surface area contributed by atoms with E-state index in [-0.39, 0.29) is 6.42 Å². The maximum atomic E-state index is 13.6. The summed E-state index contributed by atoms with van der Waals surface area (Å²) >= 11 is 1.80. The number of halogens is 2. The van der Waals surface area contributed by atoms with Gasteiger partial charge in [-0.1, -0.05) is 10.5 Å². The Balaban J connectivity index is 2.57. The van der Waals surface area contributed by atoms with Gasteiger partial charge in [-0.25, -0.2) is 9.37 Å². The molecule has 0 amide bonds. The van der Waals surface area contributed by atoms with Crippen molar-refractivity contribution < 1.29 is 8.94 Å². The maximum Gasteiger partial charge on any atom is 0.145 e. The van der Waals surface area contributed by atoms with Gasteiger partial charge in [-0.2, -0.15) is 0 Å². The van der Waals surface area contributed by atoms with Gasteiger partial charge in [0.25, 0.3) is 0 Å². The molecule has 0 saturated carbocycles. The number of hydrogen-bond acceptors (Lipinski definition) is 3. The molecule has 0 N–H and O–H groups in total. The van der Waals surface area contributed by atoms with Gasteiger partial charge in [-0.15, -0.1) is 0 Å². The van der Waals surface area contributed by atoms with Crippen molar-refractivity contribution >= 4 is 33.5 Å². The van der Waals surface area contributed by atoms with Gasteiger partial charge < -0.3 is 4.55 Å². The molecule has 2 atom stereocenters. The Bertz CT molecular complexity index is 423. The van der Waals surface area contributed by atoms with E-state index >= 15 is 0 Å². The standard InChI is InChI=1S/C12H16BrFN2OS/c1-12(2,3)18(17)15-8-9(14)7-10-5-4-6-11(13)16-10/h4-6,8-9H,7H2,1-3H3/b15-8+. The van der Waals surface area contributed by atoms with Gasteiger partial charge in [0, 0.05) is 12.1 Å². The third kappa shape index (κ3) is 5.46. The molecule has 0 aliphatic heterocycles. The van der Waals surface area contributed by atoms with E-state index in [0.29, 0.717) is 10.3 Å². The van der Waals surface area contributed by atoms with Crippen molar-refractivity contribution in [2.45, 2.75) is 38.1 Å². The van der Waals surface area contributed by atoms with Crippen LogP contribution >= 0.6 is 15.9 Å². The van der Waals surface area contributed by atoms with E-state index in [0.717, 1.165) is 6.21 Å². The second-order valence-electron chi connectivity index (χ2n) is 4.79. The van der Waals surface area contributed by atoms with Gasteiger partial charge >= 0.3 is 0 Å². The number of nitrogens with zero attached hydrogens (tertiary/aromatic N) is 2. The highest BCUT2D eigenvalue weighted by Crippen LogP contribution is 2.17. The zero-order valence-corrected chi connectivity index (χ0v) is 13.0. The van der Waals surface area contributed by atoms with Crippen LogP contribution < -0.4 is 0 Å². The Morgan fingerprint density at radius 3 is 2.78 bits per heavy atom. The van der Waals surface area contributed by atoms with Crippen molar-refractivity contribution in [3.63, 3.8) is 0 Å². The number of aromatic nitrogens is 1. The summed E-state index contributed by atoms with van der Waals surface area (Å²) in [6, 6.07) is 5.31. The average Bonchev–Trinajstić information content (AvgIpc) is 2.24. The predicted octanol–water partition coefficient (Wildman–Crippen LogP) is 3.26. The quantitative estimate of drug-likeness (QED) is 0.482. The van der Waals surface area contributed by atoms with Crippen LogP contribution in [0.4, 0.5) is 4.39 Å². The highest BCUT2D eigenvalue weighted by molar-refractivity contribution is 9.10. The van der Waals surface area contributed by atoms with E-state index < -0.39 is 22.3 Å². The number of rotatable bonds is 4. The van der Waals surface area contributed by atoms with Crippen LogP contribution in [0, 0.1) is 0 Å². The zero-order valence-electron chi connectivity index (χ0n) is 10.6. The summed E-state index contributed by atoms with van der Waals surface area (Å²) in [6.07, 6.45) is -0.0492. The van der Waals surface area contributed by atoms with Crippen LogP contribution in [0.2, 0.25) is 0 Å². The SMILES string of the molecule is CC(C)(C)[S+]([O-])/N=C/C(F)Cc1cccc(Br)n1. The summed E-state index contributed by atoms with van der Waals surface area (Å²) in [5.41, 5.74) is 0.630. The molecular weight excluding hydrogens is 319 g/mol. The third-order valence-electron chi connectivity index (χ3n) is 2.02. The molecule has 1 aromatic heterocycles. The molecule has 0 spiro atoms. The molecule has 1 heterocycles. The molecule has 1 rings (SSSR count). The van der Waals surface area contributed by atoms with Crippen LogP contribution in [-0.4, -0.2) is 26.7 Å². The van der Waals surface area contributed by atoms with Gasteiger partial charge in [0.2, 0.25) is 0 Å². The zero-order chi connectivity index (χ0) is 13.8. The summed E-state index contributed by atoms with van der Waals surface area (Å²) in [7, 11) is 0. The van der Waals surface area contributed by atoms with E-state index in [2.05, 4.69) is 25.3 Å². The largest absolute Gasteiger partial charge is 0.591 e. The van der Waals surface area contributed by atoms with Crippen molar-refractivity contribution in [2.75, 3.05) is 0 Å². The molecule has 1 aromatic rings. The van der Waals surface area contributed by atoms with Gasteiger partial charge in [-0.3, -0.25) is 0 Å². The minimum atomic E-state index is -1.42. The maximum absolute atomic E-state index is 13.6. The minimum absolute atomic E-state index is 0.129. The van der Waals surface area contributed by atoms with E-state index in [1.807, 2.05) is 0 Å². The highest BCUT2D eigenvalue weighted by Gasteiger charge is 2.26. The van der Waals surface area contributed by atoms with Gasteiger partial charge in [0.05, 0.1) is 6.21 Å². The molecular formula is C12H16BrFN2OS. The first-order valence-electron chi connectivity index (χ1n) is 5.51. The second kappa shape index (κ2) is 6.63. The molecule has 3 nitrogen and oxygen atoms in total. The third-order valence-corrected chi connectivity index (χ3v) is 3.82. The van der Waals surface area contributed by atoms with Gasteiger partial charge in [-0.05, 0) is 48.8 Å². The van der Waals surface area contributed by atoms with Crippen LogP contribution in [0.3, 0.4) is 0 Å². The molecule has 2 unspecified atom stereocenters. The number of alkyl halides is 1. The first-order chi connectivity index (χ1) is 8.29. The fraction of sp³-hybridized carbons (Fsp3) is 0.500. The van der Waals surface area contributed by atoms with Gasteiger partial charge in [0.15, 0.2) is 0 Å². The Labute approximate surface area is 118 Å². The predicted molar refractivity (Wildman–Crippen MR) is 76.9 cm³/mol. The Morgan fingerprint density at radius 2 is 2.22 bits per heavy atom. The molecule has 0 saturated heterocycles. The lowest BCUT2D eigenvalue weighted by atomic mass is 10.2. The smallest absolute Gasteiger partial charge is 0.145 e. The van der Waals surface area contributed by atoms with Crippen LogP contribution in [0.15, 0.2) is 27.2 Å². The molecule has 0 aliphatic rings. The molecule has 100 valence electrons. The van der Waals surface area contributed by atoms with Crippen molar-refractivity contribution in [2.24, 2.45) is 4.40 Å². The molecule has 0 aromatic carbocycles. The lowest BCUT2D eigenvalue weighted by Crippen LogP contribution is -2.26. The van der Waals surface area contributed by atoms with Crippen molar-refractivity contribution in [3.05, 3.63) is 28.5 Å². The van der Waals surface area contributed by atoms with E-state index in [9.17, 15) is 8.94 Å². The molecule has 0 fully saturated rings. The topological polar surface area (TPSA) is 48.3 Å². The van der Waals surface area contributed by atoms with Crippen LogP contribution in [0.5, 0.6) is 0 Å². The minimum Gasteiger partial charge on any atom is -0.591 e. The summed E-state index contributed by atoms with van der Waals surface area (Å²) < 4.78 is 29.2. The summed E-state index contributed by atoms with van der Waals surface area (Å²) in [5, 5.41) is 0. The summed E-state index contributed by atoms with van der Waals surface area (Å²) in [4.78, 5) is 4.13. The average molecular weight is 335 g/mol. The van der Waals surface area contributed by atoms with Crippen LogP contribution in [0.1, 0.15) is 26.5 Å². The van der Waals surface area contributed by atoms with Crippen molar-refractivity contribution in [1.29, 1.82) is 0 Å². The lowest BCUT2D eigenvalue weighted by Gasteiger charge is -2.17. The summed E-state index contributed by atoms with van der Waals surface area (Å²) in [5.74, 6) is 0. The molecule has 0 radical (unpaired) electrons. The van der Waals surface area contributed by atoms with Gasteiger partial charge in [0.1, 0.15) is 26.9 Å². The Hall–Kier alpha value is -0.460. The molecule has 0 bridgehead atoms. The first-order valence-corrected chi connectivity index (χ1v) is 7.40. The fourth-order valence-corrected chi connectivity index (χ4v) is 2.04.